The minimum Gasteiger partial charge on any atom is -0.458 e. The molecule has 4 rings (SSSR count). The molecule has 0 aliphatic carbocycles. The van der Waals surface area contributed by atoms with Crippen molar-refractivity contribution in [3.05, 3.63) is 28.8 Å². The highest BCUT2D eigenvalue weighted by molar-refractivity contribution is 7.18. The maximum atomic E-state index is 6.24. The van der Waals surface area contributed by atoms with Crippen molar-refractivity contribution in [2.45, 2.75) is 65.1 Å². The lowest BCUT2D eigenvalue weighted by molar-refractivity contribution is 0.0965. The molecule has 0 amide bonds. The number of likely N-dealkylation sites (tertiary alicyclic amines) is 1. The first-order chi connectivity index (χ1) is 12.5. The first-order valence-electron chi connectivity index (χ1n) is 9.46. The average Bonchev–Trinajstić information content (AvgIpc) is 3.25. The van der Waals surface area contributed by atoms with E-state index in [9.17, 15) is 0 Å². The van der Waals surface area contributed by atoms with E-state index in [1.807, 2.05) is 12.1 Å². The van der Waals surface area contributed by atoms with Crippen molar-refractivity contribution in [1.82, 2.24) is 14.9 Å². The normalized spacial score (nSPS) is 21.5. The summed E-state index contributed by atoms with van der Waals surface area (Å²) < 4.78 is 5.80. The first-order valence-corrected chi connectivity index (χ1v) is 10.3. The Bertz CT molecular complexity index is 906. The largest absolute Gasteiger partial charge is 0.458 e. The zero-order valence-corrected chi connectivity index (χ0v) is 16.5. The van der Waals surface area contributed by atoms with Crippen LogP contribution < -0.4 is 5.73 Å². The third-order valence-electron chi connectivity index (χ3n) is 5.42. The summed E-state index contributed by atoms with van der Waals surface area (Å²) in [5, 5.41) is 0.952. The molecule has 2 N–H and O–H groups in total. The number of piperidine rings is 1. The maximum absolute atomic E-state index is 6.24. The van der Waals surface area contributed by atoms with E-state index in [1.165, 1.54) is 24.1 Å². The second kappa shape index (κ2) is 7.00. The molecule has 26 heavy (non-hydrogen) atoms. The van der Waals surface area contributed by atoms with Gasteiger partial charge in [-0.1, -0.05) is 13.3 Å². The number of aryl methyl sites for hydroxylation is 1. The molecule has 2 atom stereocenters. The van der Waals surface area contributed by atoms with Crippen LogP contribution in [0.25, 0.3) is 21.8 Å². The molecule has 0 bridgehead atoms. The summed E-state index contributed by atoms with van der Waals surface area (Å²) in [6.07, 6.45) is 4.74. The van der Waals surface area contributed by atoms with E-state index in [-0.39, 0.29) is 0 Å². The number of nitrogens with zero attached hydrogens (tertiary/aromatic N) is 3. The predicted molar refractivity (Wildman–Crippen MR) is 107 cm³/mol. The van der Waals surface area contributed by atoms with E-state index in [0.29, 0.717) is 29.5 Å². The summed E-state index contributed by atoms with van der Waals surface area (Å²) in [7, 11) is 0. The molecular formula is C20H26N4OS. The van der Waals surface area contributed by atoms with Crippen LogP contribution in [0.3, 0.4) is 0 Å². The third-order valence-corrected chi connectivity index (χ3v) is 6.43. The molecule has 138 valence electrons. The zero-order valence-electron chi connectivity index (χ0n) is 15.7. The van der Waals surface area contributed by atoms with Crippen molar-refractivity contribution in [2.75, 3.05) is 5.73 Å². The number of hydrogen-bond acceptors (Lipinski definition) is 6. The van der Waals surface area contributed by atoms with Crippen LogP contribution in [0.2, 0.25) is 0 Å². The fourth-order valence-corrected chi connectivity index (χ4v) is 4.88. The molecule has 0 saturated carbocycles. The molecule has 6 heteroatoms. The summed E-state index contributed by atoms with van der Waals surface area (Å²) >= 11 is 1.72. The van der Waals surface area contributed by atoms with E-state index in [0.717, 1.165) is 28.9 Å². The van der Waals surface area contributed by atoms with Gasteiger partial charge in [0.15, 0.2) is 11.6 Å². The Balaban J connectivity index is 1.65. The standard InChI is InChI=1S/C20H26N4OS/c1-4-14-8-9-17(25-14)19-22-18(21)16-10-15(26-20(16)23-19)11-24-12(2)6-5-7-13(24)3/h8-10,12-13H,4-7,11H2,1-3H3,(H2,21,22,23)/t12-,13?/m1/s1. The highest BCUT2D eigenvalue weighted by atomic mass is 32.1. The van der Waals surface area contributed by atoms with Crippen molar-refractivity contribution in [3.8, 4) is 11.6 Å². The first kappa shape index (κ1) is 17.5. The van der Waals surface area contributed by atoms with Crippen molar-refractivity contribution in [1.29, 1.82) is 0 Å². The number of aromatic nitrogens is 2. The minimum atomic E-state index is 0.529. The molecule has 1 saturated heterocycles. The number of nitrogens with two attached hydrogens (primary N) is 1. The molecule has 1 fully saturated rings. The van der Waals surface area contributed by atoms with Gasteiger partial charge in [-0.3, -0.25) is 4.90 Å². The Hall–Kier alpha value is -1.92. The number of fused-ring (bicyclic) bond motifs is 1. The molecule has 5 nitrogen and oxygen atoms in total. The summed E-state index contributed by atoms with van der Waals surface area (Å²) in [5.41, 5.74) is 6.24. The molecule has 4 heterocycles. The van der Waals surface area contributed by atoms with E-state index in [2.05, 4.69) is 36.7 Å². The fourth-order valence-electron chi connectivity index (χ4n) is 3.84. The van der Waals surface area contributed by atoms with Gasteiger partial charge in [0.05, 0.1) is 5.39 Å². The van der Waals surface area contributed by atoms with E-state index < -0.39 is 0 Å². The van der Waals surface area contributed by atoms with Crippen LogP contribution in [-0.4, -0.2) is 27.0 Å². The summed E-state index contributed by atoms with van der Waals surface area (Å²) in [6.45, 7) is 7.68. The van der Waals surface area contributed by atoms with Gasteiger partial charge in [0, 0.05) is 29.9 Å². The molecular weight excluding hydrogens is 344 g/mol. The predicted octanol–water partition coefficient (Wildman–Crippen LogP) is 4.86. The minimum absolute atomic E-state index is 0.529. The van der Waals surface area contributed by atoms with Crippen LogP contribution in [0.15, 0.2) is 22.6 Å². The van der Waals surface area contributed by atoms with E-state index >= 15 is 0 Å². The van der Waals surface area contributed by atoms with Gasteiger partial charge >= 0.3 is 0 Å². The number of furan rings is 1. The number of nitrogen functional groups attached to an aromatic ring is 1. The van der Waals surface area contributed by atoms with Crippen LogP contribution in [0, 0.1) is 0 Å². The van der Waals surface area contributed by atoms with Crippen LogP contribution in [0.1, 0.15) is 50.7 Å². The molecule has 1 aliphatic rings. The molecule has 3 aromatic heterocycles. The third kappa shape index (κ3) is 3.23. The maximum Gasteiger partial charge on any atom is 0.199 e. The zero-order chi connectivity index (χ0) is 18.3. The van der Waals surface area contributed by atoms with Gasteiger partial charge in [0.2, 0.25) is 0 Å². The van der Waals surface area contributed by atoms with Gasteiger partial charge in [-0.2, -0.15) is 0 Å². The Morgan fingerprint density at radius 1 is 1.23 bits per heavy atom. The molecule has 0 aromatic carbocycles. The van der Waals surface area contributed by atoms with Crippen LogP contribution >= 0.6 is 11.3 Å². The van der Waals surface area contributed by atoms with Crippen LogP contribution in [-0.2, 0) is 13.0 Å². The molecule has 3 aromatic rings. The quantitative estimate of drug-likeness (QED) is 0.710. The fraction of sp³-hybridized carbons (Fsp3) is 0.500. The number of hydrogen-bond donors (Lipinski definition) is 1. The highest BCUT2D eigenvalue weighted by Gasteiger charge is 2.25. The van der Waals surface area contributed by atoms with E-state index in [1.54, 1.807) is 11.3 Å². The molecule has 1 unspecified atom stereocenters. The monoisotopic (exact) mass is 370 g/mol. The van der Waals surface area contributed by atoms with Gasteiger partial charge in [-0.15, -0.1) is 11.3 Å². The Kier molecular flexibility index (Phi) is 4.71. The number of anilines is 1. The average molecular weight is 371 g/mol. The van der Waals surface area contributed by atoms with Gasteiger partial charge in [-0.05, 0) is 44.9 Å². The Morgan fingerprint density at radius 3 is 2.69 bits per heavy atom. The Morgan fingerprint density at radius 2 is 2.00 bits per heavy atom. The Labute approximate surface area is 158 Å². The SMILES string of the molecule is CCc1ccc(-c2nc(N)c3cc(CN4C(C)CCC[C@H]4C)sc3n2)o1. The van der Waals surface area contributed by atoms with Crippen molar-refractivity contribution >= 4 is 27.4 Å². The molecule has 0 spiro atoms. The summed E-state index contributed by atoms with van der Waals surface area (Å²) in [5.74, 6) is 2.72. The van der Waals surface area contributed by atoms with Crippen molar-refractivity contribution in [3.63, 3.8) is 0 Å². The number of thiophene rings is 1. The summed E-state index contributed by atoms with van der Waals surface area (Å²) in [6, 6.07) is 7.30. The van der Waals surface area contributed by atoms with Crippen molar-refractivity contribution in [2.24, 2.45) is 0 Å². The molecule has 1 aliphatic heterocycles. The second-order valence-corrected chi connectivity index (χ2v) is 8.40. The van der Waals surface area contributed by atoms with E-state index in [4.69, 9.17) is 15.1 Å². The smallest absolute Gasteiger partial charge is 0.199 e. The lowest BCUT2D eigenvalue weighted by Crippen LogP contribution is -2.42. The second-order valence-electron chi connectivity index (χ2n) is 7.28. The lowest BCUT2D eigenvalue weighted by Gasteiger charge is -2.38. The van der Waals surface area contributed by atoms with Gasteiger partial charge in [-0.25, -0.2) is 9.97 Å². The van der Waals surface area contributed by atoms with Gasteiger partial charge in [0.1, 0.15) is 16.4 Å². The topological polar surface area (TPSA) is 68.2 Å². The van der Waals surface area contributed by atoms with Gasteiger partial charge < -0.3 is 10.2 Å². The highest BCUT2D eigenvalue weighted by Crippen LogP contribution is 2.33. The molecule has 0 radical (unpaired) electrons. The number of rotatable bonds is 4. The van der Waals surface area contributed by atoms with Crippen molar-refractivity contribution < 1.29 is 4.42 Å². The van der Waals surface area contributed by atoms with Gasteiger partial charge in [0.25, 0.3) is 0 Å². The van der Waals surface area contributed by atoms with Crippen LogP contribution in [0.5, 0.6) is 0 Å². The summed E-state index contributed by atoms with van der Waals surface area (Å²) in [4.78, 5) is 14.0. The van der Waals surface area contributed by atoms with Crippen LogP contribution in [0.4, 0.5) is 5.82 Å². The lowest BCUT2D eigenvalue weighted by atomic mass is 9.97.